The Morgan fingerprint density at radius 3 is 2.54 bits per heavy atom. The van der Waals surface area contributed by atoms with Crippen LogP contribution in [0.2, 0.25) is 0 Å². The van der Waals surface area contributed by atoms with Crippen LogP contribution in [0.4, 0.5) is 4.79 Å². The van der Waals surface area contributed by atoms with Gasteiger partial charge in [-0.15, -0.1) is 0 Å². The van der Waals surface area contributed by atoms with Gasteiger partial charge < -0.3 is 15.8 Å². The Kier molecular flexibility index (Phi) is 3.95. The topological polar surface area (TPSA) is 64.4 Å². The van der Waals surface area contributed by atoms with Gasteiger partial charge in [0.25, 0.3) is 5.17 Å². The number of thiocarbonyl (C=S) groups is 1. The molecule has 0 aromatic carbocycles. The van der Waals surface area contributed by atoms with E-state index in [9.17, 15) is 4.79 Å². The molecule has 1 amide bonds. The van der Waals surface area contributed by atoms with E-state index in [-0.39, 0.29) is 5.17 Å². The number of rotatable bonds is 1. The molecule has 1 rings (SSSR count). The van der Waals surface area contributed by atoms with E-state index in [0.29, 0.717) is 6.04 Å². The number of hydrogen-bond acceptors (Lipinski definition) is 3. The normalized spacial score (nSPS) is 17.8. The highest BCUT2D eigenvalue weighted by Crippen LogP contribution is 2.17. The minimum atomic E-state index is -0.853. The lowest BCUT2D eigenvalue weighted by atomic mass is 9.96. The van der Waals surface area contributed by atoms with E-state index in [1.165, 1.54) is 19.3 Å². The maximum Gasteiger partial charge on any atom is 0.411 e. The Morgan fingerprint density at radius 2 is 2.00 bits per heavy atom. The average Bonchev–Trinajstić information content (AvgIpc) is 2.04. The van der Waals surface area contributed by atoms with Crippen LogP contribution in [0.1, 0.15) is 32.1 Å². The summed E-state index contributed by atoms with van der Waals surface area (Å²) < 4.78 is 4.51. The maximum atomic E-state index is 10.3. The van der Waals surface area contributed by atoms with Gasteiger partial charge in [0.2, 0.25) is 0 Å². The summed E-state index contributed by atoms with van der Waals surface area (Å²) in [5.74, 6) is 0. The number of carbonyl (C=O) groups excluding carboxylic acids is 1. The van der Waals surface area contributed by atoms with E-state index < -0.39 is 6.09 Å². The third kappa shape index (κ3) is 4.07. The second kappa shape index (κ2) is 5.01. The van der Waals surface area contributed by atoms with E-state index in [1.54, 1.807) is 0 Å². The van der Waals surface area contributed by atoms with Crippen molar-refractivity contribution in [3.05, 3.63) is 0 Å². The molecule has 3 N–H and O–H groups in total. The molecule has 13 heavy (non-hydrogen) atoms. The van der Waals surface area contributed by atoms with E-state index >= 15 is 0 Å². The third-order valence-corrected chi connectivity index (χ3v) is 2.32. The van der Waals surface area contributed by atoms with Crippen molar-refractivity contribution in [3.63, 3.8) is 0 Å². The lowest BCUT2D eigenvalue weighted by Crippen LogP contribution is -2.38. The van der Waals surface area contributed by atoms with Gasteiger partial charge in [0.15, 0.2) is 0 Å². The SMILES string of the molecule is NC(=O)OC(=S)NC1CCCCC1. The smallest absolute Gasteiger partial charge is 0.383 e. The van der Waals surface area contributed by atoms with E-state index in [4.69, 9.17) is 18.0 Å². The van der Waals surface area contributed by atoms with Crippen molar-refractivity contribution in [2.45, 2.75) is 38.1 Å². The minimum absolute atomic E-state index is 0.0967. The molecule has 5 heteroatoms. The second-order valence-corrected chi connectivity index (χ2v) is 3.56. The summed E-state index contributed by atoms with van der Waals surface area (Å²) in [5.41, 5.74) is 4.81. The molecule has 1 aliphatic carbocycles. The van der Waals surface area contributed by atoms with Crippen LogP contribution in [0.25, 0.3) is 0 Å². The molecule has 0 spiro atoms. The van der Waals surface area contributed by atoms with E-state index in [0.717, 1.165) is 12.8 Å². The fourth-order valence-corrected chi connectivity index (χ4v) is 1.78. The van der Waals surface area contributed by atoms with Crippen LogP contribution in [0.15, 0.2) is 0 Å². The van der Waals surface area contributed by atoms with Crippen molar-refractivity contribution in [1.82, 2.24) is 5.32 Å². The third-order valence-electron chi connectivity index (χ3n) is 2.12. The molecule has 0 aromatic rings. The largest absolute Gasteiger partial charge is 0.411 e. The number of amides is 1. The highest BCUT2D eigenvalue weighted by atomic mass is 32.1. The van der Waals surface area contributed by atoms with Crippen LogP contribution in [0.3, 0.4) is 0 Å². The summed E-state index contributed by atoms with van der Waals surface area (Å²) in [6, 6.07) is 0.348. The van der Waals surface area contributed by atoms with Gasteiger partial charge in [-0.25, -0.2) is 4.79 Å². The Morgan fingerprint density at radius 1 is 1.38 bits per heavy atom. The molecule has 0 unspecified atom stereocenters. The van der Waals surface area contributed by atoms with Crippen LogP contribution in [-0.4, -0.2) is 17.3 Å². The zero-order chi connectivity index (χ0) is 9.68. The Bertz CT molecular complexity index is 202. The van der Waals surface area contributed by atoms with Gasteiger partial charge in [0, 0.05) is 6.04 Å². The molecule has 0 aromatic heterocycles. The highest BCUT2D eigenvalue weighted by Gasteiger charge is 2.14. The number of ether oxygens (including phenoxy) is 1. The van der Waals surface area contributed by atoms with Gasteiger partial charge in [-0.05, 0) is 25.1 Å². The van der Waals surface area contributed by atoms with Crippen molar-refractivity contribution in [2.24, 2.45) is 5.73 Å². The highest BCUT2D eigenvalue weighted by molar-refractivity contribution is 7.80. The number of nitrogens with two attached hydrogens (primary N) is 1. The summed E-state index contributed by atoms with van der Waals surface area (Å²) in [4.78, 5) is 10.3. The van der Waals surface area contributed by atoms with Crippen LogP contribution in [-0.2, 0) is 4.74 Å². The molecule has 0 saturated heterocycles. The molecule has 74 valence electrons. The van der Waals surface area contributed by atoms with Gasteiger partial charge in [-0.1, -0.05) is 19.3 Å². The molecule has 0 heterocycles. The lowest BCUT2D eigenvalue weighted by molar-refractivity contribution is 0.206. The summed E-state index contributed by atoms with van der Waals surface area (Å²) in [5, 5.41) is 3.06. The predicted octanol–water partition coefficient (Wildman–Crippen LogP) is 1.29. The minimum Gasteiger partial charge on any atom is -0.383 e. The first-order chi connectivity index (χ1) is 6.18. The van der Waals surface area contributed by atoms with Crippen LogP contribution < -0.4 is 11.1 Å². The Labute approximate surface area is 82.8 Å². The standard InChI is InChI=1S/C8H14N2O2S/c9-7(11)12-8(13)10-6-4-2-1-3-5-6/h6H,1-5H2,(H2,9,11)(H,10,13). The molecular weight excluding hydrogens is 188 g/mol. The average molecular weight is 202 g/mol. The first kappa shape index (κ1) is 10.2. The predicted molar refractivity (Wildman–Crippen MR) is 53.3 cm³/mol. The fourth-order valence-electron chi connectivity index (χ4n) is 1.53. The lowest BCUT2D eigenvalue weighted by Gasteiger charge is -2.22. The monoisotopic (exact) mass is 202 g/mol. The number of carbonyl (C=O) groups is 1. The first-order valence-electron chi connectivity index (χ1n) is 4.46. The summed E-state index contributed by atoms with van der Waals surface area (Å²) >= 11 is 4.78. The van der Waals surface area contributed by atoms with Crippen molar-refractivity contribution in [3.8, 4) is 0 Å². The first-order valence-corrected chi connectivity index (χ1v) is 4.87. The van der Waals surface area contributed by atoms with Gasteiger partial charge in [0.1, 0.15) is 0 Å². The molecule has 4 nitrogen and oxygen atoms in total. The molecule has 0 radical (unpaired) electrons. The Balaban J connectivity index is 2.22. The molecule has 1 fully saturated rings. The van der Waals surface area contributed by atoms with Gasteiger partial charge >= 0.3 is 6.09 Å². The van der Waals surface area contributed by atoms with Crippen LogP contribution in [0.5, 0.6) is 0 Å². The molecule has 1 saturated carbocycles. The van der Waals surface area contributed by atoms with Crippen molar-refractivity contribution in [2.75, 3.05) is 0 Å². The van der Waals surface area contributed by atoms with Gasteiger partial charge in [-0.3, -0.25) is 0 Å². The Hall–Kier alpha value is -0.840. The maximum absolute atomic E-state index is 10.3. The van der Waals surface area contributed by atoms with Gasteiger partial charge in [0.05, 0.1) is 0 Å². The second-order valence-electron chi connectivity index (χ2n) is 3.19. The zero-order valence-corrected chi connectivity index (χ0v) is 8.23. The van der Waals surface area contributed by atoms with Crippen molar-refractivity contribution in [1.29, 1.82) is 0 Å². The number of nitrogens with one attached hydrogen (secondary N) is 1. The zero-order valence-electron chi connectivity index (χ0n) is 7.41. The number of hydrogen-bond donors (Lipinski definition) is 2. The van der Waals surface area contributed by atoms with Crippen molar-refractivity contribution < 1.29 is 9.53 Å². The molecule has 0 aliphatic heterocycles. The summed E-state index contributed by atoms with van der Waals surface area (Å²) in [6.45, 7) is 0. The van der Waals surface area contributed by atoms with Gasteiger partial charge in [-0.2, -0.15) is 0 Å². The fraction of sp³-hybridized carbons (Fsp3) is 0.750. The van der Waals surface area contributed by atoms with Crippen LogP contribution in [0, 0.1) is 0 Å². The van der Waals surface area contributed by atoms with E-state index in [2.05, 4.69) is 10.1 Å². The molecular formula is C8H14N2O2S. The summed E-state index contributed by atoms with van der Waals surface area (Å²) in [7, 11) is 0. The van der Waals surface area contributed by atoms with E-state index in [1.807, 2.05) is 0 Å². The number of primary amides is 1. The summed E-state index contributed by atoms with van der Waals surface area (Å²) in [6.07, 6.45) is 5.01. The van der Waals surface area contributed by atoms with Crippen molar-refractivity contribution >= 4 is 23.5 Å². The van der Waals surface area contributed by atoms with Crippen LogP contribution >= 0.6 is 12.2 Å². The molecule has 0 atom stereocenters. The molecule has 1 aliphatic rings. The molecule has 0 bridgehead atoms. The quantitative estimate of drug-likeness (QED) is 0.629.